The Kier molecular flexibility index (Phi) is 5.46. The highest BCUT2D eigenvalue weighted by molar-refractivity contribution is 5.65. The summed E-state index contributed by atoms with van der Waals surface area (Å²) in [6, 6.07) is 16.5. The molecule has 0 fully saturated rings. The van der Waals surface area contributed by atoms with Crippen LogP contribution in [0, 0.1) is 12.3 Å². The van der Waals surface area contributed by atoms with E-state index in [1.807, 2.05) is 12.1 Å². The van der Waals surface area contributed by atoms with Gasteiger partial charge in [-0.15, -0.1) is 0 Å². The molecule has 1 aliphatic rings. The van der Waals surface area contributed by atoms with Crippen molar-refractivity contribution in [3.63, 3.8) is 0 Å². The van der Waals surface area contributed by atoms with Gasteiger partial charge in [0.25, 0.3) is 5.89 Å². The molecule has 1 aromatic heterocycles. The summed E-state index contributed by atoms with van der Waals surface area (Å²) in [6.45, 7) is 11.4. The third-order valence-electron chi connectivity index (χ3n) is 6.36. The molecule has 154 valence electrons. The lowest BCUT2D eigenvalue weighted by Crippen LogP contribution is -2.21. The van der Waals surface area contributed by atoms with E-state index in [1.165, 1.54) is 28.7 Å². The Morgan fingerprint density at radius 3 is 2.30 bits per heavy atom. The zero-order valence-corrected chi connectivity index (χ0v) is 18.6. The topological polar surface area (TPSA) is 38.9 Å². The van der Waals surface area contributed by atoms with Crippen molar-refractivity contribution in [1.29, 1.82) is 0 Å². The minimum atomic E-state index is 0.313. The number of benzene rings is 2. The van der Waals surface area contributed by atoms with Gasteiger partial charge in [0, 0.05) is 11.1 Å². The van der Waals surface area contributed by atoms with Crippen molar-refractivity contribution in [2.45, 2.75) is 53.9 Å². The minimum absolute atomic E-state index is 0.313. The predicted molar refractivity (Wildman–Crippen MR) is 124 cm³/mol. The first-order valence-electron chi connectivity index (χ1n) is 10.8. The fourth-order valence-electron chi connectivity index (χ4n) is 4.49. The molecule has 0 bridgehead atoms. The number of aryl methyl sites for hydroxylation is 1. The predicted octanol–water partition coefficient (Wildman–Crippen LogP) is 7.64. The summed E-state index contributed by atoms with van der Waals surface area (Å²) in [5, 5.41) is 4.15. The maximum absolute atomic E-state index is 5.51. The van der Waals surface area contributed by atoms with Gasteiger partial charge in [-0.1, -0.05) is 79.5 Å². The molecule has 1 heterocycles. The second-order valence-corrected chi connectivity index (χ2v) is 8.92. The molecule has 0 saturated carbocycles. The molecule has 0 unspecified atom stereocenters. The van der Waals surface area contributed by atoms with Crippen LogP contribution in [0.1, 0.15) is 58.1 Å². The van der Waals surface area contributed by atoms with E-state index < -0.39 is 0 Å². The average Bonchev–Trinajstić information content (AvgIpc) is 3.22. The van der Waals surface area contributed by atoms with Gasteiger partial charge in [0.1, 0.15) is 0 Å². The smallest absolute Gasteiger partial charge is 0.258 e. The minimum Gasteiger partial charge on any atom is -0.334 e. The van der Waals surface area contributed by atoms with Gasteiger partial charge in [0.05, 0.1) is 0 Å². The first kappa shape index (κ1) is 20.3. The molecule has 0 radical (unpaired) electrons. The Bertz CT molecular complexity index is 1100. The molecule has 0 amide bonds. The maximum atomic E-state index is 5.51. The summed E-state index contributed by atoms with van der Waals surface area (Å²) in [5.41, 5.74) is 9.15. The molecule has 2 aromatic carbocycles. The van der Waals surface area contributed by atoms with Crippen LogP contribution in [0.4, 0.5) is 0 Å². The average molecular weight is 399 g/mol. The van der Waals surface area contributed by atoms with Crippen LogP contribution in [0.5, 0.6) is 0 Å². The fraction of sp³-hybridized carbons (Fsp3) is 0.333. The molecule has 4 rings (SSSR count). The van der Waals surface area contributed by atoms with E-state index in [1.54, 1.807) is 5.57 Å². The van der Waals surface area contributed by atoms with Crippen molar-refractivity contribution in [2.75, 3.05) is 0 Å². The fourth-order valence-corrected chi connectivity index (χ4v) is 4.49. The van der Waals surface area contributed by atoms with Crippen LogP contribution in [-0.4, -0.2) is 10.1 Å². The molecule has 0 atom stereocenters. The molecule has 3 heteroatoms. The van der Waals surface area contributed by atoms with Crippen LogP contribution in [0.3, 0.4) is 0 Å². The molecule has 0 N–H and O–H groups in total. The van der Waals surface area contributed by atoms with Gasteiger partial charge in [0.15, 0.2) is 0 Å². The van der Waals surface area contributed by atoms with Gasteiger partial charge >= 0.3 is 0 Å². The normalized spacial score (nSPS) is 17.6. The Labute approximate surface area is 179 Å². The Hall–Kier alpha value is -2.94. The summed E-state index contributed by atoms with van der Waals surface area (Å²) in [5.74, 6) is 1.17. The zero-order chi connectivity index (χ0) is 21.3. The lowest BCUT2D eigenvalue weighted by molar-refractivity contribution is 0.381. The van der Waals surface area contributed by atoms with Crippen LogP contribution in [0.2, 0.25) is 0 Å². The summed E-state index contributed by atoms with van der Waals surface area (Å²) < 4.78 is 5.51. The van der Waals surface area contributed by atoms with E-state index in [9.17, 15) is 0 Å². The van der Waals surface area contributed by atoms with Crippen molar-refractivity contribution in [1.82, 2.24) is 10.1 Å². The summed E-state index contributed by atoms with van der Waals surface area (Å²) in [7, 11) is 0. The summed E-state index contributed by atoms with van der Waals surface area (Å²) in [6.07, 6.45) is 5.79. The molecule has 1 aliphatic carbocycles. The first-order chi connectivity index (χ1) is 14.4. The third kappa shape index (κ3) is 4.02. The number of aromatic nitrogens is 2. The van der Waals surface area contributed by atoms with Crippen molar-refractivity contribution in [3.8, 4) is 22.8 Å². The number of hydrogen-bond donors (Lipinski definition) is 0. The van der Waals surface area contributed by atoms with E-state index >= 15 is 0 Å². The molecule has 0 saturated heterocycles. The Balaban J connectivity index is 1.57. The molecule has 30 heavy (non-hydrogen) atoms. The summed E-state index contributed by atoms with van der Waals surface area (Å²) >= 11 is 0. The van der Waals surface area contributed by atoms with E-state index in [4.69, 9.17) is 4.52 Å². The molecule has 3 aromatic rings. The van der Waals surface area contributed by atoms with E-state index in [2.05, 4.69) is 87.2 Å². The van der Waals surface area contributed by atoms with E-state index in [0.717, 1.165) is 24.0 Å². The van der Waals surface area contributed by atoms with Crippen LogP contribution in [0.15, 0.2) is 69.8 Å². The lowest BCUT2D eigenvalue weighted by atomic mass is 9.70. The van der Waals surface area contributed by atoms with Crippen LogP contribution in [0.25, 0.3) is 28.9 Å². The standard InChI is InChI=1S/C27H30N2O/c1-6-24-19(3)23(15-16-27(24,4)5)17-20-9-13-22(14-10-20)26-28-25(29-30-26)21-11-7-18(2)8-12-21/h7-14,17H,6,15-16H2,1-5H3/b23-17+. The van der Waals surface area contributed by atoms with E-state index in [-0.39, 0.29) is 0 Å². The molecule has 0 spiro atoms. The van der Waals surface area contributed by atoms with Gasteiger partial charge in [-0.3, -0.25) is 0 Å². The number of allylic oxidation sites excluding steroid dienone is 3. The van der Waals surface area contributed by atoms with Gasteiger partial charge in [0.2, 0.25) is 5.82 Å². The van der Waals surface area contributed by atoms with Gasteiger partial charge in [-0.25, -0.2) is 0 Å². The largest absolute Gasteiger partial charge is 0.334 e. The number of nitrogens with zero attached hydrogens (tertiary/aromatic N) is 2. The van der Waals surface area contributed by atoms with Crippen molar-refractivity contribution >= 4 is 6.08 Å². The van der Waals surface area contributed by atoms with E-state index in [0.29, 0.717) is 17.1 Å². The van der Waals surface area contributed by atoms with Gasteiger partial charge in [-0.05, 0) is 67.4 Å². The highest BCUT2D eigenvalue weighted by Crippen LogP contribution is 2.44. The second kappa shape index (κ2) is 8.06. The van der Waals surface area contributed by atoms with Crippen LogP contribution in [-0.2, 0) is 0 Å². The Morgan fingerprint density at radius 2 is 1.63 bits per heavy atom. The van der Waals surface area contributed by atoms with Crippen LogP contribution < -0.4 is 0 Å². The molecular formula is C27H30N2O. The second-order valence-electron chi connectivity index (χ2n) is 8.92. The monoisotopic (exact) mass is 398 g/mol. The highest BCUT2D eigenvalue weighted by atomic mass is 16.5. The highest BCUT2D eigenvalue weighted by Gasteiger charge is 2.29. The van der Waals surface area contributed by atoms with Crippen LogP contribution >= 0.6 is 0 Å². The third-order valence-corrected chi connectivity index (χ3v) is 6.36. The van der Waals surface area contributed by atoms with Crippen molar-refractivity contribution in [2.24, 2.45) is 5.41 Å². The lowest BCUT2D eigenvalue weighted by Gasteiger charge is -2.35. The zero-order valence-electron chi connectivity index (χ0n) is 18.6. The van der Waals surface area contributed by atoms with Gasteiger partial charge < -0.3 is 4.52 Å². The molecule has 0 aliphatic heterocycles. The quantitative estimate of drug-likeness (QED) is 0.453. The number of rotatable bonds is 4. The maximum Gasteiger partial charge on any atom is 0.258 e. The molecule has 3 nitrogen and oxygen atoms in total. The Morgan fingerprint density at radius 1 is 0.967 bits per heavy atom. The van der Waals surface area contributed by atoms with Crippen molar-refractivity contribution < 1.29 is 4.52 Å². The van der Waals surface area contributed by atoms with Crippen molar-refractivity contribution in [3.05, 3.63) is 76.4 Å². The SMILES string of the molecule is CCC1=C(C)/C(=C/c2ccc(-c3nc(-c4ccc(C)cc4)no3)cc2)CCC1(C)C. The van der Waals surface area contributed by atoms with Gasteiger partial charge in [-0.2, -0.15) is 4.98 Å². The first-order valence-corrected chi connectivity index (χ1v) is 10.8. The number of hydrogen-bond acceptors (Lipinski definition) is 3. The summed E-state index contributed by atoms with van der Waals surface area (Å²) in [4.78, 5) is 4.57. The molecular weight excluding hydrogens is 368 g/mol.